The first-order valence-electron chi connectivity index (χ1n) is 5.96. The van der Waals surface area contributed by atoms with Crippen LogP contribution in [0, 0.1) is 5.92 Å². The van der Waals surface area contributed by atoms with Crippen molar-refractivity contribution in [3.8, 4) is 0 Å². The SMILES string of the molecule is CCC1CCN(C(=NC(C)C)NN)CC1. The van der Waals surface area contributed by atoms with Gasteiger partial charge in [-0.1, -0.05) is 13.3 Å². The van der Waals surface area contributed by atoms with Crippen molar-refractivity contribution in [2.75, 3.05) is 13.1 Å². The van der Waals surface area contributed by atoms with Crippen LogP contribution < -0.4 is 11.3 Å². The number of piperidine rings is 1. The molecule has 1 rings (SSSR count). The summed E-state index contributed by atoms with van der Waals surface area (Å²) in [6.07, 6.45) is 3.81. The van der Waals surface area contributed by atoms with E-state index in [4.69, 9.17) is 5.84 Å². The van der Waals surface area contributed by atoms with Gasteiger partial charge in [0.1, 0.15) is 0 Å². The molecule has 15 heavy (non-hydrogen) atoms. The number of nitrogens with two attached hydrogens (primary N) is 1. The maximum atomic E-state index is 5.50. The van der Waals surface area contributed by atoms with E-state index in [-0.39, 0.29) is 0 Å². The number of nitrogens with one attached hydrogen (secondary N) is 1. The molecule has 0 amide bonds. The summed E-state index contributed by atoms with van der Waals surface area (Å²) in [6, 6.07) is 0.292. The van der Waals surface area contributed by atoms with Crippen molar-refractivity contribution in [3.63, 3.8) is 0 Å². The Morgan fingerprint density at radius 1 is 1.47 bits per heavy atom. The molecular formula is C11H24N4. The number of rotatable bonds is 2. The molecule has 1 fully saturated rings. The third kappa shape index (κ3) is 3.70. The van der Waals surface area contributed by atoms with E-state index < -0.39 is 0 Å². The topological polar surface area (TPSA) is 53.6 Å². The van der Waals surface area contributed by atoms with Gasteiger partial charge in [0.25, 0.3) is 0 Å². The van der Waals surface area contributed by atoms with Gasteiger partial charge in [0.15, 0.2) is 0 Å². The highest BCUT2D eigenvalue weighted by Gasteiger charge is 2.19. The Hall–Kier alpha value is -0.770. The second kappa shape index (κ2) is 5.95. The van der Waals surface area contributed by atoms with Crippen LogP contribution in [0.15, 0.2) is 4.99 Å². The van der Waals surface area contributed by atoms with Gasteiger partial charge in [-0.2, -0.15) is 0 Å². The average Bonchev–Trinajstić information content (AvgIpc) is 2.26. The lowest BCUT2D eigenvalue weighted by Gasteiger charge is -2.33. The number of hydrazine groups is 1. The fourth-order valence-corrected chi connectivity index (χ4v) is 2.01. The Balaban J connectivity index is 2.50. The molecule has 0 aliphatic carbocycles. The van der Waals surface area contributed by atoms with Crippen molar-refractivity contribution >= 4 is 5.96 Å². The third-order valence-electron chi connectivity index (χ3n) is 3.00. The van der Waals surface area contributed by atoms with Gasteiger partial charge >= 0.3 is 0 Å². The Morgan fingerprint density at radius 3 is 2.47 bits per heavy atom. The Kier molecular flexibility index (Phi) is 4.88. The van der Waals surface area contributed by atoms with E-state index >= 15 is 0 Å². The average molecular weight is 212 g/mol. The molecule has 1 heterocycles. The van der Waals surface area contributed by atoms with Crippen molar-refractivity contribution in [2.45, 2.75) is 46.1 Å². The van der Waals surface area contributed by atoms with Crippen molar-refractivity contribution in [2.24, 2.45) is 16.8 Å². The van der Waals surface area contributed by atoms with Crippen molar-refractivity contribution in [1.29, 1.82) is 0 Å². The normalized spacial score (nSPS) is 19.8. The van der Waals surface area contributed by atoms with Crippen LogP contribution in [0.4, 0.5) is 0 Å². The predicted molar refractivity (Wildman–Crippen MR) is 64.5 cm³/mol. The Morgan fingerprint density at radius 2 is 2.07 bits per heavy atom. The molecule has 0 spiro atoms. The quantitative estimate of drug-likeness (QED) is 0.314. The van der Waals surface area contributed by atoms with Gasteiger partial charge < -0.3 is 4.90 Å². The zero-order chi connectivity index (χ0) is 11.3. The molecule has 4 nitrogen and oxygen atoms in total. The van der Waals surface area contributed by atoms with Crippen molar-refractivity contribution in [3.05, 3.63) is 0 Å². The molecule has 0 unspecified atom stereocenters. The molecular weight excluding hydrogens is 188 g/mol. The molecule has 1 saturated heterocycles. The molecule has 0 saturated carbocycles. The van der Waals surface area contributed by atoms with Gasteiger partial charge in [-0.05, 0) is 32.6 Å². The Bertz CT molecular complexity index is 205. The van der Waals surface area contributed by atoms with Gasteiger partial charge in [-0.15, -0.1) is 0 Å². The van der Waals surface area contributed by atoms with E-state index in [1.807, 2.05) is 0 Å². The maximum Gasteiger partial charge on any atom is 0.208 e. The van der Waals surface area contributed by atoms with Crippen LogP contribution in [0.1, 0.15) is 40.0 Å². The smallest absolute Gasteiger partial charge is 0.208 e. The highest BCUT2D eigenvalue weighted by atomic mass is 15.4. The minimum absolute atomic E-state index is 0.292. The lowest BCUT2D eigenvalue weighted by molar-refractivity contribution is 0.255. The summed E-state index contributed by atoms with van der Waals surface area (Å²) in [5.74, 6) is 7.23. The molecule has 0 bridgehead atoms. The zero-order valence-electron chi connectivity index (χ0n) is 10.2. The summed E-state index contributed by atoms with van der Waals surface area (Å²) < 4.78 is 0. The third-order valence-corrected chi connectivity index (χ3v) is 3.00. The van der Waals surface area contributed by atoms with Gasteiger partial charge in [0.05, 0.1) is 0 Å². The summed E-state index contributed by atoms with van der Waals surface area (Å²) >= 11 is 0. The highest BCUT2D eigenvalue weighted by molar-refractivity contribution is 5.79. The van der Waals surface area contributed by atoms with E-state index in [2.05, 4.69) is 36.1 Å². The minimum atomic E-state index is 0.292. The van der Waals surface area contributed by atoms with E-state index in [1.54, 1.807) is 0 Å². The molecule has 88 valence electrons. The van der Waals surface area contributed by atoms with Crippen LogP contribution in [-0.4, -0.2) is 30.0 Å². The van der Waals surface area contributed by atoms with Crippen molar-refractivity contribution < 1.29 is 0 Å². The molecule has 1 aliphatic heterocycles. The summed E-state index contributed by atoms with van der Waals surface area (Å²) in [5.41, 5.74) is 2.71. The van der Waals surface area contributed by atoms with Crippen molar-refractivity contribution in [1.82, 2.24) is 10.3 Å². The fraction of sp³-hybridized carbons (Fsp3) is 0.909. The van der Waals surface area contributed by atoms with Gasteiger partial charge in [-0.25, -0.2) is 10.8 Å². The second-order valence-electron chi connectivity index (χ2n) is 4.53. The molecule has 0 atom stereocenters. The van der Waals surface area contributed by atoms with E-state index in [9.17, 15) is 0 Å². The molecule has 3 N–H and O–H groups in total. The fourth-order valence-electron chi connectivity index (χ4n) is 2.01. The van der Waals surface area contributed by atoms with E-state index in [1.165, 1.54) is 19.3 Å². The second-order valence-corrected chi connectivity index (χ2v) is 4.53. The number of guanidine groups is 1. The lowest BCUT2D eigenvalue weighted by atomic mass is 9.95. The summed E-state index contributed by atoms with van der Waals surface area (Å²) in [4.78, 5) is 6.73. The number of hydrogen-bond donors (Lipinski definition) is 2. The van der Waals surface area contributed by atoms with Crippen LogP contribution in [0.2, 0.25) is 0 Å². The van der Waals surface area contributed by atoms with E-state index in [0.29, 0.717) is 6.04 Å². The number of hydrogen-bond acceptors (Lipinski definition) is 2. The molecule has 0 radical (unpaired) electrons. The summed E-state index contributed by atoms with van der Waals surface area (Å²) in [7, 11) is 0. The molecule has 0 aromatic heterocycles. The predicted octanol–water partition coefficient (Wildman–Crippen LogP) is 1.34. The van der Waals surface area contributed by atoms with Gasteiger partial charge in [0, 0.05) is 19.1 Å². The van der Waals surface area contributed by atoms with Gasteiger partial charge in [-0.3, -0.25) is 5.43 Å². The van der Waals surface area contributed by atoms with Crippen LogP contribution in [-0.2, 0) is 0 Å². The number of likely N-dealkylation sites (tertiary alicyclic amines) is 1. The maximum absolute atomic E-state index is 5.50. The summed E-state index contributed by atoms with van der Waals surface area (Å²) in [5, 5.41) is 0. The first kappa shape index (κ1) is 12.3. The molecule has 1 aliphatic rings. The van der Waals surface area contributed by atoms with E-state index in [0.717, 1.165) is 25.0 Å². The number of aliphatic imine (C=N–C) groups is 1. The largest absolute Gasteiger partial charge is 0.342 e. The molecule has 4 heteroatoms. The van der Waals surface area contributed by atoms with Crippen LogP contribution in [0.3, 0.4) is 0 Å². The minimum Gasteiger partial charge on any atom is -0.342 e. The monoisotopic (exact) mass is 212 g/mol. The lowest BCUT2D eigenvalue weighted by Crippen LogP contribution is -2.48. The molecule has 0 aromatic rings. The molecule has 0 aromatic carbocycles. The van der Waals surface area contributed by atoms with Crippen LogP contribution in [0.25, 0.3) is 0 Å². The zero-order valence-corrected chi connectivity index (χ0v) is 10.2. The first-order valence-corrected chi connectivity index (χ1v) is 5.96. The first-order chi connectivity index (χ1) is 7.17. The standard InChI is InChI=1S/C11H24N4/c1-4-10-5-7-15(8-6-10)11(14-12)13-9(2)3/h9-10H,4-8,12H2,1-3H3,(H,13,14). The Labute approximate surface area is 92.9 Å². The highest BCUT2D eigenvalue weighted by Crippen LogP contribution is 2.19. The van der Waals surface area contributed by atoms with Crippen LogP contribution >= 0.6 is 0 Å². The van der Waals surface area contributed by atoms with Gasteiger partial charge in [0.2, 0.25) is 5.96 Å². The van der Waals surface area contributed by atoms with Crippen LogP contribution in [0.5, 0.6) is 0 Å². The summed E-state index contributed by atoms with van der Waals surface area (Å²) in [6.45, 7) is 8.55. The number of nitrogens with zero attached hydrogens (tertiary/aromatic N) is 2.